The minimum Gasteiger partial charge on any atom is -0.341 e. The van der Waals surface area contributed by atoms with Crippen molar-refractivity contribution in [1.82, 2.24) is 14.7 Å². The van der Waals surface area contributed by atoms with Crippen molar-refractivity contribution in [3.05, 3.63) is 60.2 Å². The molecule has 7 nitrogen and oxygen atoms in total. The quantitative estimate of drug-likeness (QED) is 0.626. The van der Waals surface area contributed by atoms with Crippen LogP contribution in [-0.2, 0) is 24.6 Å². The van der Waals surface area contributed by atoms with Gasteiger partial charge in [-0.25, -0.2) is 0 Å². The Morgan fingerprint density at radius 3 is 2.14 bits per heavy atom. The summed E-state index contributed by atoms with van der Waals surface area (Å²) >= 11 is 0. The van der Waals surface area contributed by atoms with Crippen LogP contribution in [0.4, 0.5) is 0 Å². The number of carbonyl (C=O) groups is 4. The molecule has 182 valence electrons. The zero-order valence-electron chi connectivity index (χ0n) is 20.1. The monoisotopic (exact) mass is 473 g/mol. The molecule has 3 fully saturated rings. The third kappa shape index (κ3) is 4.47. The maximum atomic E-state index is 13.8. The molecule has 1 aliphatic carbocycles. The summed E-state index contributed by atoms with van der Waals surface area (Å²) in [6.45, 7) is 3.63. The highest BCUT2D eigenvalue weighted by Crippen LogP contribution is 2.45. The number of imide groups is 1. The summed E-state index contributed by atoms with van der Waals surface area (Å²) in [7, 11) is 0. The molecule has 2 aromatic rings. The normalized spacial score (nSPS) is 22.9. The predicted octanol–water partition coefficient (Wildman–Crippen LogP) is 2.98. The fraction of sp³-hybridized carbons (Fsp3) is 0.429. The van der Waals surface area contributed by atoms with Crippen molar-refractivity contribution in [3.63, 3.8) is 0 Å². The van der Waals surface area contributed by atoms with Gasteiger partial charge in [-0.1, -0.05) is 54.6 Å². The standard InChI is InChI=1S/C28H31N3O4/c1-20(32)29-14-5-15-30(17-16-29)25(33)18-28(19-26(34)31(27(28)35)24-12-13-24)23-10-8-22(9-11-23)21-6-3-2-4-7-21/h2-4,6-11,24H,5,12-19H2,1H3. The van der Waals surface area contributed by atoms with Gasteiger partial charge in [0.25, 0.3) is 0 Å². The third-order valence-corrected chi connectivity index (χ3v) is 7.55. The van der Waals surface area contributed by atoms with Gasteiger partial charge in [0.15, 0.2) is 0 Å². The average molecular weight is 474 g/mol. The van der Waals surface area contributed by atoms with Gasteiger partial charge in [-0.05, 0) is 36.0 Å². The summed E-state index contributed by atoms with van der Waals surface area (Å²) in [4.78, 5) is 57.0. The number of hydrogen-bond acceptors (Lipinski definition) is 4. The molecule has 1 unspecified atom stereocenters. The van der Waals surface area contributed by atoms with E-state index in [-0.39, 0.29) is 42.5 Å². The largest absolute Gasteiger partial charge is 0.341 e. The summed E-state index contributed by atoms with van der Waals surface area (Å²) in [5.74, 6) is -0.561. The van der Waals surface area contributed by atoms with Gasteiger partial charge in [-0.2, -0.15) is 0 Å². The molecular formula is C28H31N3O4. The third-order valence-electron chi connectivity index (χ3n) is 7.55. The Morgan fingerprint density at radius 1 is 0.857 bits per heavy atom. The van der Waals surface area contributed by atoms with Crippen LogP contribution in [0.25, 0.3) is 11.1 Å². The van der Waals surface area contributed by atoms with E-state index in [1.54, 1.807) is 16.7 Å². The Labute approximate surface area is 205 Å². The van der Waals surface area contributed by atoms with Gasteiger partial charge in [-0.3, -0.25) is 24.1 Å². The maximum absolute atomic E-state index is 13.8. The van der Waals surface area contributed by atoms with Crippen LogP contribution in [0.3, 0.4) is 0 Å². The molecule has 1 atom stereocenters. The molecule has 2 heterocycles. The van der Waals surface area contributed by atoms with Gasteiger partial charge >= 0.3 is 0 Å². The smallest absolute Gasteiger partial charge is 0.241 e. The fourth-order valence-electron chi connectivity index (χ4n) is 5.39. The predicted molar refractivity (Wildman–Crippen MR) is 131 cm³/mol. The summed E-state index contributed by atoms with van der Waals surface area (Å²) in [6, 6.07) is 17.7. The Hall–Kier alpha value is -3.48. The van der Waals surface area contributed by atoms with Gasteiger partial charge in [0.2, 0.25) is 23.6 Å². The summed E-state index contributed by atoms with van der Waals surface area (Å²) in [5.41, 5.74) is 1.62. The molecule has 0 aromatic heterocycles. The molecule has 2 saturated heterocycles. The first-order chi connectivity index (χ1) is 16.9. The minimum atomic E-state index is -1.18. The van der Waals surface area contributed by atoms with Crippen LogP contribution >= 0.6 is 0 Å². The lowest BCUT2D eigenvalue weighted by atomic mass is 9.75. The summed E-state index contributed by atoms with van der Waals surface area (Å²) in [6.07, 6.45) is 2.35. The van der Waals surface area contributed by atoms with E-state index in [1.165, 1.54) is 4.90 Å². The molecule has 2 aromatic carbocycles. The van der Waals surface area contributed by atoms with Crippen molar-refractivity contribution in [2.24, 2.45) is 0 Å². The van der Waals surface area contributed by atoms with E-state index in [0.29, 0.717) is 38.2 Å². The highest BCUT2D eigenvalue weighted by molar-refractivity contribution is 6.11. The van der Waals surface area contributed by atoms with E-state index < -0.39 is 5.41 Å². The van der Waals surface area contributed by atoms with Crippen LogP contribution in [-0.4, -0.2) is 70.5 Å². The summed E-state index contributed by atoms with van der Waals surface area (Å²) in [5, 5.41) is 0. The Balaban J connectivity index is 1.44. The summed E-state index contributed by atoms with van der Waals surface area (Å²) < 4.78 is 0. The molecule has 0 radical (unpaired) electrons. The van der Waals surface area contributed by atoms with Crippen molar-refractivity contribution in [2.45, 2.75) is 50.5 Å². The van der Waals surface area contributed by atoms with Gasteiger partial charge in [0.1, 0.15) is 0 Å². The van der Waals surface area contributed by atoms with E-state index in [9.17, 15) is 19.2 Å². The van der Waals surface area contributed by atoms with E-state index in [1.807, 2.05) is 54.6 Å². The van der Waals surface area contributed by atoms with Crippen LogP contribution in [0, 0.1) is 0 Å². The van der Waals surface area contributed by atoms with E-state index in [4.69, 9.17) is 0 Å². The number of amides is 4. The van der Waals surface area contributed by atoms with Crippen molar-refractivity contribution in [1.29, 1.82) is 0 Å². The number of nitrogens with zero attached hydrogens (tertiary/aromatic N) is 3. The van der Waals surface area contributed by atoms with E-state index in [0.717, 1.165) is 24.0 Å². The van der Waals surface area contributed by atoms with Gasteiger partial charge in [0, 0.05) is 52.0 Å². The lowest BCUT2D eigenvalue weighted by Crippen LogP contribution is -2.45. The van der Waals surface area contributed by atoms with Crippen molar-refractivity contribution in [2.75, 3.05) is 26.2 Å². The Kier molecular flexibility index (Phi) is 6.17. The lowest BCUT2D eigenvalue weighted by Gasteiger charge is -2.30. The van der Waals surface area contributed by atoms with E-state index >= 15 is 0 Å². The second kappa shape index (κ2) is 9.29. The molecule has 5 rings (SSSR count). The molecule has 0 N–H and O–H groups in total. The molecule has 0 bridgehead atoms. The molecule has 1 saturated carbocycles. The van der Waals surface area contributed by atoms with Crippen LogP contribution in [0.15, 0.2) is 54.6 Å². The first-order valence-corrected chi connectivity index (χ1v) is 12.4. The zero-order chi connectivity index (χ0) is 24.6. The van der Waals surface area contributed by atoms with Crippen LogP contribution < -0.4 is 0 Å². The Morgan fingerprint density at radius 2 is 1.49 bits per heavy atom. The molecule has 3 aliphatic rings. The second-order valence-corrected chi connectivity index (χ2v) is 9.92. The topological polar surface area (TPSA) is 78.0 Å². The zero-order valence-corrected chi connectivity index (χ0v) is 20.1. The first-order valence-electron chi connectivity index (χ1n) is 12.4. The molecule has 2 aliphatic heterocycles. The van der Waals surface area contributed by atoms with Crippen LogP contribution in [0.5, 0.6) is 0 Å². The number of rotatable bonds is 5. The average Bonchev–Trinajstić information content (AvgIpc) is 3.68. The second-order valence-electron chi connectivity index (χ2n) is 9.92. The molecule has 35 heavy (non-hydrogen) atoms. The van der Waals surface area contributed by atoms with Gasteiger partial charge < -0.3 is 9.80 Å². The highest BCUT2D eigenvalue weighted by Gasteiger charge is 2.57. The fourth-order valence-corrected chi connectivity index (χ4v) is 5.39. The van der Waals surface area contributed by atoms with Crippen LogP contribution in [0.2, 0.25) is 0 Å². The number of carbonyl (C=O) groups excluding carboxylic acids is 4. The van der Waals surface area contributed by atoms with Crippen molar-refractivity contribution < 1.29 is 19.2 Å². The van der Waals surface area contributed by atoms with E-state index in [2.05, 4.69) is 0 Å². The molecular weight excluding hydrogens is 442 g/mol. The number of benzene rings is 2. The van der Waals surface area contributed by atoms with Gasteiger partial charge in [-0.15, -0.1) is 0 Å². The molecule has 7 heteroatoms. The van der Waals surface area contributed by atoms with Crippen LogP contribution in [0.1, 0.15) is 44.6 Å². The maximum Gasteiger partial charge on any atom is 0.241 e. The molecule has 0 spiro atoms. The number of hydrogen-bond donors (Lipinski definition) is 0. The lowest BCUT2D eigenvalue weighted by molar-refractivity contribution is -0.143. The highest BCUT2D eigenvalue weighted by atomic mass is 16.2. The SMILES string of the molecule is CC(=O)N1CCCN(C(=O)CC2(c3ccc(-c4ccccc4)cc3)CC(=O)N(C3CC3)C2=O)CC1. The first kappa shape index (κ1) is 23.3. The van der Waals surface area contributed by atoms with Crippen molar-refractivity contribution >= 4 is 23.6 Å². The number of likely N-dealkylation sites (tertiary alicyclic amines) is 1. The molecule has 4 amide bonds. The van der Waals surface area contributed by atoms with Gasteiger partial charge in [0.05, 0.1) is 5.41 Å². The van der Waals surface area contributed by atoms with Crippen molar-refractivity contribution in [3.8, 4) is 11.1 Å². The Bertz CT molecular complexity index is 1140. The minimum absolute atomic E-state index is 0.00548.